The third-order valence-electron chi connectivity index (χ3n) is 2.77. The lowest BCUT2D eigenvalue weighted by Crippen LogP contribution is -2.29. The maximum Gasteiger partial charge on any atom is 0.212 e. The molecule has 1 saturated carbocycles. The van der Waals surface area contributed by atoms with Crippen molar-refractivity contribution in [3.63, 3.8) is 0 Å². The summed E-state index contributed by atoms with van der Waals surface area (Å²) < 4.78 is 26.0. The summed E-state index contributed by atoms with van der Waals surface area (Å²) in [6, 6.07) is 7.48. The van der Waals surface area contributed by atoms with E-state index in [0.717, 1.165) is 17.7 Å². The molecule has 6 heteroatoms. The van der Waals surface area contributed by atoms with E-state index in [1.807, 2.05) is 24.3 Å². The van der Waals surface area contributed by atoms with Gasteiger partial charge in [0.2, 0.25) is 10.0 Å². The molecule has 1 aromatic rings. The van der Waals surface area contributed by atoms with Crippen LogP contribution in [0.25, 0.3) is 0 Å². The largest absolute Gasteiger partial charge is 0.399 e. The standard InChI is InChI=1S/C12H18N2O2S2/c13-11-2-1-3-12(8-11)17-6-7-18(15,16)14-9-10-4-5-10/h1-3,8,10,14H,4-7,9,13H2. The molecule has 3 N–H and O–H groups in total. The molecule has 0 radical (unpaired) electrons. The van der Waals surface area contributed by atoms with Crippen LogP contribution in [0.5, 0.6) is 0 Å². The lowest BCUT2D eigenvalue weighted by atomic mass is 10.3. The van der Waals surface area contributed by atoms with E-state index in [-0.39, 0.29) is 5.75 Å². The molecule has 0 atom stereocenters. The summed E-state index contributed by atoms with van der Waals surface area (Å²) in [5, 5.41) is 0. The first-order chi connectivity index (χ1) is 8.55. The highest BCUT2D eigenvalue weighted by atomic mass is 32.2. The van der Waals surface area contributed by atoms with Gasteiger partial charge in [-0.2, -0.15) is 0 Å². The minimum absolute atomic E-state index is 0.152. The van der Waals surface area contributed by atoms with Gasteiger partial charge in [-0.15, -0.1) is 11.8 Å². The summed E-state index contributed by atoms with van der Waals surface area (Å²) in [6.45, 7) is 0.602. The quantitative estimate of drug-likeness (QED) is 0.591. The summed E-state index contributed by atoms with van der Waals surface area (Å²) in [5.74, 6) is 1.27. The fourth-order valence-corrected chi connectivity index (χ4v) is 3.99. The van der Waals surface area contributed by atoms with E-state index in [1.54, 1.807) is 0 Å². The summed E-state index contributed by atoms with van der Waals surface area (Å²) in [6.07, 6.45) is 2.31. The van der Waals surface area contributed by atoms with E-state index in [0.29, 0.717) is 23.9 Å². The molecule has 1 aliphatic carbocycles. The van der Waals surface area contributed by atoms with Gasteiger partial charge in [0.05, 0.1) is 5.75 Å². The Labute approximate surface area is 112 Å². The third kappa shape index (κ3) is 4.88. The van der Waals surface area contributed by atoms with Crippen LogP contribution in [0.1, 0.15) is 12.8 Å². The van der Waals surface area contributed by atoms with Crippen LogP contribution in [0.2, 0.25) is 0 Å². The Kier molecular flexibility index (Phi) is 4.53. The van der Waals surface area contributed by atoms with Gasteiger partial charge in [0, 0.05) is 22.9 Å². The molecule has 18 heavy (non-hydrogen) atoms. The number of sulfonamides is 1. The predicted molar refractivity (Wildman–Crippen MR) is 76.1 cm³/mol. The molecule has 0 heterocycles. The van der Waals surface area contributed by atoms with Crippen LogP contribution in [0.4, 0.5) is 5.69 Å². The second-order valence-electron chi connectivity index (χ2n) is 4.53. The van der Waals surface area contributed by atoms with E-state index >= 15 is 0 Å². The summed E-state index contributed by atoms with van der Waals surface area (Å²) in [5.41, 5.74) is 6.36. The number of hydrogen-bond acceptors (Lipinski definition) is 4. The first-order valence-electron chi connectivity index (χ1n) is 6.01. The fraction of sp³-hybridized carbons (Fsp3) is 0.500. The van der Waals surface area contributed by atoms with Crippen molar-refractivity contribution in [2.45, 2.75) is 17.7 Å². The van der Waals surface area contributed by atoms with Crippen LogP contribution >= 0.6 is 11.8 Å². The molecule has 1 fully saturated rings. The number of nitrogens with two attached hydrogens (primary N) is 1. The van der Waals surface area contributed by atoms with Crippen LogP contribution in [0.15, 0.2) is 29.2 Å². The summed E-state index contributed by atoms with van der Waals surface area (Å²) in [7, 11) is -3.12. The zero-order valence-corrected chi connectivity index (χ0v) is 11.8. The van der Waals surface area contributed by atoms with Gasteiger partial charge in [0.25, 0.3) is 0 Å². The Bertz CT molecular complexity index is 499. The number of anilines is 1. The molecule has 1 aliphatic rings. The smallest absolute Gasteiger partial charge is 0.212 e. The molecular formula is C12H18N2O2S2. The molecule has 1 aromatic carbocycles. The van der Waals surface area contributed by atoms with E-state index in [1.165, 1.54) is 11.8 Å². The Morgan fingerprint density at radius 2 is 2.17 bits per heavy atom. The Morgan fingerprint density at radius 1 is 1.39 bits per heavy atom. The van der Waals surface area contributed by atoms with Gasteiger partial charge in [-0.05, 0) is 37.0 Å². The first kappa shape index (κ1) is 13.7. The van der Waals surface area contributed by atoms with Crippen molar-refractivity contribution in [1.82, 2.24) is 4.72 Å². The zero-order chi connectivity index (χ0) is 13.0. The number of nitrogen functional groups attached to an aromatic ring is 1. The van der Waals surface area contributed by atoms with Crippen molar-refractivity contribution >= 4 is 27.5 Å². The number of nitrogens with one attached hydrogen (secondary N) is 1. The molecule has 0 bridgehead atoms. The number of thioether (sulfide) groups is 1. The molecule has 0 aliphatic heterocycles. The molecule has 0 aromatic heterocycles. The lowest BCUT2D eigenvalue weighted by Gasteiger charge is -2.06. The fourth-order valence-electron chi connectivity index (χ4n) is 1.51. The monoisotopic (exact) mass is 286 g/mol. The molecule has 100 valence electrons. The highest BCUT2D eigenvalue weighted by molar-refractivity contribution is 8.00. The summed E-state index contributed by atoms with van der Waals surface area (Å²) in [4.78, 5) is 1.01. The average molecular weight is 286 g/mol. The normalized spacial score (nSPS) is 15.8. The van der Waals surface area contributed by atoms with Crippen LogP contribution in [-0.2, 0) is 10.0 Å². The van der Waals surface area contributed by atoms with Gasteiger partial charge in [0.1, 0.15) is 0 Å². The minimum atomic E-state index is -3.12. The lowest BCUT2D eigenvalue weighted by molar-refractivity contribution is 0.579. The first-order valence-corrected chi connectivity index (χ1v) is 8.65. The van der Waals surface area contributed by atoms with E-state index in [9.17, 15) is 8.42 Å². The average Bonchev–Trinajstić information content (AvgIpc) is 3.10. The number of benzene rings is 1. The van der Waals surface area contributed by atoms with Crippen molar-refractivity contribution in [3.05, 3.63) is 24.3 Å². The minimum Gasteiger partial charge on any atom is -0.399 e. The Morgan fingerprint density at radius 3 is 2.83 bits per heavy atom. The highest BCUT2D eigenvalue weighted by Crippen LogP contribution is 2.27. The summed E-state index contributed by atoms with van der Waals surface area (Å²) >= 11 is 1.51. The van der Waals surface area contributed by atoms with Gasteiger partial charge >= 0.3 is 0 Å². The van der Waals surface area contributed by atoms with Gasteiger partial charge in [-0.25, -0.2) is 13.1 Å². The maximum atomic E-state index is 11.7. The molecule has 0 amide bonds. The molecular weight excluding hydrogens is 268 g/mol. The van der Waals surface area contributed by atoms with Crippen LogP contribution in [-0.4, -0.2) is 26.5 Å². The van der Waals surface area contributed by atoms with Crippen molar-refractivity contribution in [3.8, 4) is 0 Å². The van der Waals surface area contributed by atoms with Crippen molar-refractivity contribution < 1.29 is 8.42 Å². The van der Waals surface area contributed by atoms with E-state index < -0.39 is 10.0 Å². The number of rotatable bonds is 7. The van der Waals surface area contributed by atoms with Gasteiger partial charge in [-0.1, -0.05) is 6.07 Å². The van der Waals surface area contributed by atoms with Crippen molar-refractivity contribution in [1.29, 1.82) is 0 Å². The second kappa shape index (κ2) is 5.95. The SMILES string of the molecule is Nc1cccc(SCCS(=O)(=O)NCC2CC2)c1. The van der Waals surface area contributed by atoms with Crippen LogP contribution in [0.3, 0.4) is 0 Å². The van der Waals surface area contributed by atoms with Gasteiger partial charge in [0.15, 0.2) is 0 Å². The molecule has 0 spiro atoms. The molecule has 0 saturated heterocycles. The Hall–Kier alpha value is -0.720. The van der Waals surface area contributed by atoms with Crippen molar-refractivity contribution in [2.24, 2.45) is 5.92 Å². The van der Waals surface area contributed by atoms with E-state index in [2.05, 4.69) is 4.72 Å². The zero-order valence-electron chi connectivity index (χ0n) is 10.1. The van der Waals surface area contributed by atoms with Gasteiger partial charge < -0.3 is 5.73 Å². The third-order valence-corrected chi connectivity index (χ3v) is 5.37. The van der Waals surface area contributed by atoms with Gasteiger partial charge in [-0.3, -0.25) is 0 Å². The van der Waals surface area contributed by atoms with E-state index in [4.69, 9.17) is 5.73 Å². The Balaban J connectivity index is 1.73. The second-order valence-corrected chi connectivity index (χ2v) is 7.63. The predicted octanol–water partition coefficient (Wildman–Crippen LogP) is 1.69. The van der Waals surface area contributed by atoms with Crippen LogP contribution < -0.4 is 10.5 Å². The number of hydrogen-bond donors (Lipinski definition) is 2. The van der Waals surface area contributed by atoms with Crippen LogP contribution in [0, 0.1) is 5.92 Å². The maximum absolute atomic E-state index is 11.7. The topological polar surface area (TPSA) is 72.2 Å². The molecule has 2 rings (SSSR count). The van der Waals surface area contributed by atoms with Crippen molar-refractivity contribution in [2.75, 3.05) is 23.8 Å². The molecule has 0 unspecified atom stereocenters. The highest BCUT2D eigenvalue weighted by Gasteiger charge is 2.23. The molecule has 4 nitrogen and oxygen atoms in total.